The average Bonchev–Trinajstić information content (AvgIpc) is 2.58. The number of hydrogen-bond donors (Lipinski definition) is 1. The molecule has 0 aromatic heterocycles. The number of nitrogens with two attached hydrogens (primary N) is 1. The van der Waals surface area contributed by atoms with E-state index >= 15 is 0 Å². The van der Waals surface area contributed by atoms with Crippen LogP contribution in [0, 0.1) is 0 Å². The van der Waals surface area contributed by atoms with E-state index < -0.39 is 0 Å². The van der Waals surface area contributed by atoms with E-state index in [1.54, 1.807) is 0 Å². The first-order chi connectivity index (χ1) is 7.13. The van der Waals surface area contributed by atoms with Gasteiger partial charge < -0.3 is 10.5 Å². The molecular formula is C12H17NO2. The van der Waals surface area contributed by atoms with Crippen molar-refractivity contribution in [2.24, 2.45) is 5.73 Å². The van der Waals surface area contributed by atoms with E-state index in [4.69, 9.17) is 5.73 Å². The standard InChI is InChI=1S/C9H11N.C3H6O2/c10-9-5-7-3-1-2-4-8(7)6-9;1-3(4)5-2/h1-4,9H,5-6,10H2;1-2H3. The van der Waals surface area contributed by atoms with Crippen LogP contribution in [0.25, 0.3) is 0 Å². The van der Waals surface area contributed by atoms with Gasteiger partial charge in [0.25, 0.3) is 0 Å². The van der Waals surface area contributed by atoms with Crippen LogP contribution < -0.4 is 5.73 Å². The molecule has 2 rings (SSSR count). The van der Waals surface area contributed by atoms with Gasteiger partial charge in [-0.2, -0.15) is 0 Å². The van der Waals surface area contributed by atoms with Crippen LogP contribution in [0.3, 0.4) is 0 Å². The van der Waals surface area contributed by atoms with Crippen molar-refractivity contribution in [1.29, 1.82) is 0 Å². The van der Waals surface area contributed by atoms with E-state index in [1.807, 2.05) is 0 Å². The quantitative estimate of drug-likeness (QED) is 0.652. The third-order valence-electron chi connectivity index (χ3n) is 2.37. The molecule has 3 heteroatoms. The fourth-order valence-corrected chi connectivity index (χ4v) is 1.59. The van der Waals surface area contributed by atoms with E-state index in [1.165, 1.54) is 25.2 Å². The van der Waals surface area contributed by atoms with Gasteiger partial charge in [-0.3, -0.25) is 4.79 Å². The number of benzene rings is 1. The minimum atomic E-state index is -0.245. The number of rotatable bonds is 0. The van der Waals surface area contributed by atoms with Crippen molar-refractivity contribution in [2.45, 2.75) is 25.8 Å². The summed E-state index contributed by atoms with van der Waals surface area (Å²) in [6.07, 6.45) is 2.13. The summed E-state index contributed by atoms with van der Waals surface area (Å²) in [6.45, 7) is 1.36. The van der Waals surface area contributed by atoms with Gasteiger partial charge in [0.1, 0.15) is 0 Å². The van der Waals surface area contributed by atoms with Crippen LogP contribution in [0.5, 0.6) is 0 Å². The van der Waals surface area contributed by atoms with Gasteiger partial charge in [0.2, 0.25) is 0 Å². The summed E-state index contributed by atoms with van der Waals surface area (Å²) in [5.74, 6) is -0.245. The summed E-state index contributed by atoms with van der Waals surface area (Å²) in [5, 5.41) is 0. The Morgan fingerprint density at radius 3 is 2.07 bits per heavy atom. The number of esters is 1. The zero-order valence-electron chi connectivity index (χ0n) is 9.19. The first kappa shape index (κ1) is 11.7. The fourth-order valence-electron chi connectivity index (χ4n) is 1.59. The smallest absolute Gasteiger partial charge is 0.302 e. The maximum atomic E-state index is 9.59. The second kappa shape index (κ2) is 5.51. The average molecular weight is 207 g/mol. The summed E-state index contributed by atoms with van der Waals surface area (Å²) in [7, 11) is 1.35. The highest BCUT2D eigenvalue weighted by Crippen LogP contribution is 2.19. The number of carbonyl (C=O) groups excluding carboxylic acids is 1. The lowest BCUT2D eigenvalue weighted by atomic mass is 10.1. The summed E-state index contributed by atoms with van der Waals surface area (Å²) >= 11 is 0. The first-order valence-electron chi connectivity index (χ1n) is 5.00. The molecule has 1 aliphatic rings. The van der Waals surface area contributed by atoms with Crippen LogP contribution in [0.4, 0.5) is 0 Å². The lowest BCUT2D eigenvalue weighted by molar-refractivity contribution is -0.137. The Balaban J connectivity index is 0.000000195. The molecule has 0 saturated heterocycles. The number of ether oxygens (including phenoxy) is 1. The summed E-state index contributed by atoms with van der Waals surface area (Å²) in [4.78, 5) is 9.59. The highest BCUT2D eigenvalue weighted by atomic mass is 16.5. The van der Waals surface area contributed by atoms with Crippen molar-refractivity contribution in [1.82, 2.24) is 0 Å². The number of carbonyl (C=O) groups is 1. The molecule has 0 saturated carbocycles. The Labute approximate surface area is 90.2 Å². The number of fused-ring (bicyclic) bond motifs is 1. The maximum absolute atomic E-state index is 9.59. The van der Waals surface area contributed by atoms with Gasteiger partial charge in [0.05, 0.1) is 7.11 Å². The van der Waals surface area contributed by atoms with Gasteiger partial charge in [-0.05, 0) is 24.0 Å². The molecule has 0 unspecified atom stereocenters. The van der Waals surface area contributed by atoms with Crippen LogP contribution in [0.2, 0.25) is 0 Å². The molecule has 0 radical (unpaired) electrons. The van der Waals surface area contributed by atoms with Crippen molar-refractivity contribution in [3.63, 3.8) is 0 Å². The predicted octanol–water partition coefficient (Wildman–Crippen LogP) is 1.29. The molecule has 0 heterocycles. The van der Waals surface area contributed by atoms with Gasteiger partial charge in [0.15, 0.2) is 0 Å². The second-order valence-corrected chi connectivity index (χ2v) is 3.63. The van der Waals surface area contributed by atoms with E-state index in [-0.39, 0.29) is 5.97 Å². The van der Waals surface area contributed by atoms with Crippen LogP contribution in [-0.4, -0.2) is 19.1 Å². The summed E-state index contributed by atoms with van der Waals surface area (Å²) in [6, 6.07) is 8.87. The molecule has 1 aromatic rings. The maximum Gasteiger partial charge on any atom is 0.302 e. The fraction of sp³-hybridized carbons (Fsp3) is 0.417. The lowest BCUT2D eigenvalue weighted by Gasteiger charge is -1.94. The zero-order chi connectivity index (χ0) is 11.3. The Hall–Kier alpha value is -1.35. The monoisotopic (exact) mass is 207 g/mol. The summed E-state index contributed by atoms with van der Waals surface area (Å²) in [5.41, 5.74) is 8.66. The van der Waals surface area contributed by atoms with Crippen LogP contribution in [0.1, 0.15) is 18.1 Å². The van der Waals surface area contributed by atoms with E-state index in [0.717, 1.165) is 12.8 Å². The van der Waals surface area contributed by atoms with E-state index in [0.29, 0.717) is 6.04 Å². The molecular weight excluding hydrogens is 190 g/mol. The molecule has 82 valence electrons. The SMILES string of the molecule is COC(C)=O.NC1Cc2ccccc2C1. The molecule has 0 bridgehead atoms. The Morgan fingerprint density at radius 2 is 1.73 bits per heavy atom. The van der Waals surface area contributed by atoms with Crippen LogP contribution in [0.15, 0.2) is 24.3 Å². The van der Waals surface area contributed by atoms with Crippen molar-refractivity contribution >= 4 is 5.97 Å². The second-order valence-electron chi connectivity index (χ2n) is 3.63. The molecule has 3 nitrogen and oxygen atoms in total. The van der Waals surface area contributed by atoms with Crippen molar-refractivity contribution in [3.05, 3.63) is 35.4 Å². The Bertz CT molecular complexity index is 311. The zero-order valence-corrected chi connectivity index (χ0v) is 9.19. The molecule has 2 N–H and O–H groups in total. The normalized spacial score (nSPS) is 13.8. The molecule has 0 spiro atoms. The number of hydrogen-bond acceptors (Lipinski definition) is 3. The van der Waals surface area contributed by atoms with Crippen molar-refractivity contribution < 1.29 is 9.53 Å². The van der Waals surface area contributed by atoms with Crippen molar-refractivity contribution in [2.75, 3.05) is 7.11 Å². The Kier molecular flexibility index (Phi) is 4.31. The molecule has 0 fully saturated rings. The highest BCUT2D eigenvalue weighted by Gasteiger charge is 2.15. The summed E-state index contributed by atoms with van der Waals surface area (Å²) < 4.78 is 4.11. The molecule has 0 aliphatic heterocycles. The largest absolute Gasteiger partial charge is 0.469 e. The molecule has 15 heavy (non-hydrogen) atoms. The molecule has 1 aliphatic carbocycles. The van der Waals surface area contributed by atoms with Crippen LogP contribution in [-0.2, 0) is 22.4 Å². The van der Waals surface area contributed by atoms with Gasteiger partial charge in [-0.25, -0.2) is 0 Å². The molecule has 0 amide bonds. The molecule has 0 atom stereocenters. The van der Waals surface area contributed by atoms with Crippen LogP contribution >= 0.6 is 0 Å². The molecule has 1 aromatic carbocycles. The third kappa shape index (κ3) is 3.72. The third-order valence-corrected chi connectivity index (χ3v) is 2.37. The highest BCUT2D eigenvalue weighted by molar-refractivity contribution is 5.65. The minimum absolute atomic E-state index is 0.245. The van der Waals surface area contributed by atoms with Gasteiger partial charge in [-0.1, -0.05) is 24.3 Å². The number of methoxy groups -OCH3 is 1. The van der Waals surface area contributed by atoms with Gasteiger partial charge in [0, 0.05) is 13.0 Å². The van der Waals surface area contributed by atoms with Gasteiger partial charge in [-0.15, -0.1) is 0 Å². The minimum Gasteiger partial charge on any atom is -0.469 e. The van der Waals surface area contributed by atoms with E-state index in [9.17, 15) is 4.79 Å². The van der Waals surface area contributed by atoms with Gasteiger partial charge >= 0.3 is 5.97 Å². The van der Waals surface area contributed by atoms with E-state index in [2.05, 4.69) is 29.0 Å². The Morgan fingerprint density at radius 1 is 1.33 bits per heavy atom. The first-order valence-corrected chi connectivity index (χ1v) is 5.00. The topological polar surface area (TPSA) is 52.3 Å². The van der Waals surface area contributed by atoms with Crippen molar-refractivity contribution in [3.8, 4) is 0 Å². The predicted molar refractivity (Wildman–Crippen MR) is 59.5 cm³/mol. The lowest BCUT2D eigenvalue weighted by Crippen LogP contribution is -2.18.